The molecule has 1 aliphatic carbocycles. The van der Waals surface area contributed by atoms with Gasteiger partial charge in [0.1, 0.15) is 0 Å². The lowest BCUT2D eigenvalue weighted by molar-refractivity contribution is 0.410. The molecule has 1 aliphatic rings. The van der Waals surface area contributed by atoms with Crippen molar-refractivity contribution in [3.63, 3.8) is 0 Å². The molecule has 1 atom stereocenters. The maximum Gasteiger partial charge on any atom is 0.241 e. The molecule has 0 heterocycles. The van der Waals surface area contributed by atoms with Crippen molar-refractivity contribution in [2.75, 3.05) is 0 Å². The van der Waals surface area contributed by atoms with Gasteiger partial charge in [-0.3, -0.25) is 0 Å². The predicted octanol–water partition coefficient (Wildman–Crippen LogP) is 7.27. The molecule has 0 unspecified atom stereocenters. The molecular formula is C27H39NO2S. The Labute approximate surface area is 189 Å². The lowest BCUT2D eigenvalue weighted by atomic mass is 9.89. The minimum atomic E-state index is -3.69. The van der Waals surface area contributed by atoms with Crippen LogP contribution in [-0.4, -0.2) is 8.42 Å². The van der Waals surface area contributed by atoms with Gasteiger partial charge in [0.05, 0.1) is 4.90 Å². The Morgan fingerprint density at radius 2 is 1.29 bits per heavy atom. The summed E-state index contributed by atoms with van der Waals surface area (Å²) in [6.45, 7) is 12.7. The van der Waals surface area contributed by atoms with E-state index in [1.54, 1.807) is 0 Å². The van der Waals surface area contributed by atoms with E-state index >= 15 is 0 Å². The summed E-state index contributed by atoms with van der Waals surface area (Å²) in [5.74, 6) is 0.959. The Morgan fingerprint density at radius 1 is 0.774 bits per heavy atom. The highest BCUT2D eigenvalue weighted by atomic mass is 32.2. The first-order valence-electron chi connectivity index (χ1n) is 11.9. The SMILES string of the molecule is CC(C)c1cc(C(C)C)c(S(=O)(=O)N[C@@H](c2ccccc2)C2CCCC2)c(C(C)C)c1. The van der Waals surface area contributed by atoms with Gasteiger partial charge in [-0.15, -0.1) is 0 Å². The molecule has 3 nitrogen and oxygen atoms in total. The standard InChI is InChI=1S/C27H39NO2S/c1-18(2)23-16-24(19(3)4)27(25(17-23)20(5)6)31(29,30)28-26(22-14-10-11-15-22)21-12-8-7-9-13-21/h7-9,12-13,16-20,22,26,28H,10-11,14-15H2,1-6H3/t26-/m0/s1. The first-order valence-corrected chi connectivity index (χ1v) is 13.3. The molecule has 0 aliphatic heterocycles. The molecule has 1 N–H and O–H groups in total. The monoisotopic (exact) mass is 441 g/mol. The molecule has 1 fully saturated rings. The molecule has 170 valence electrons. The van der Waals surface area contributed by atoms with Crippen molar-refractivity contribution in [3.8, 4) is 0 Å². The van der Waals surface area contributed by atoms with Crippen LogP contribution in [0.2, 0.25) is 0 Å². The van der Waals surface area contributed by atoms with Crippen LogP contribution in [0, 0.1) is 5.92 Å². The summed E-state index contributed by atoms with van der Waals surface area (Å²) in [6.07, 6.45) is 4.49. The van der Waals surface area contributed by atoms with E-state index in [4.69, 9.17) is 0 Å². The quantitative estimate of drug-likeness (QED) is 0.468. The number of nitrogens with one attached hydrogen (secondary N) is 1. The van der Waals surface area contributed by atoms with Crippen molar-refractivity contribution in [2.24, 2.45) is 5.92 Å². The fourth-order valence-corrected chi connectivity index (χ4v) is 6.80. The Bertz CT molecular complexity index is 943. The third-order valence-corrected chi connectivity index (χ3v) is 8.23. The van der Waals surface area contributed by atoms with E-state index in [9.17, 15) is 8.42 Å². The van der Waals surface area contributed by atoms with Crippen LogP contribution in [-0.2, 0) is 10.0 Å². The van der Waals surface area contributed by atoms with E-state index in [1.807, 2.05) is 18.2 Å². The number of hydrogen-bond donors (Lipinski definition) is 1. The first-order chi connectivity index (χ1) is 14.6. The first kappa shape index (κ1) is 24.0. The lowest BCUT2D eigenvalue weighted by Crippen LogP contribution is -2.34. The topological polar surface area (TPSA) is 46.2 Å². The second-order valence-electron chi connectivity index (χ2n) is 10.0. The van der Waals surface area contributed by atoms with Crippen LogP contribution in [0.4, 0.5) is 0 Å². The van der Waals surface area contributed by atoms with Gasteiger partial charge in [0.15, 0.2) is 0 Å². The van der Waals surface area contributed by atoms with Gasteiger partial charge in [-0.05, 0) is 58.8 Å². The minimum absolute atomic E-state index is 0.129. The smallest absolute Gasteiger partial charge is 0.207 e. The second-order valence-corrected chi connectivity index (χ2v) is 11.7. The molecule has 3 rings (SSSR count). The van der Waals surface area contributed by atoms with Crippen LogP contribution < -0.4 is 4.72 Å². The highest BCUT2D eigenvalue weighted by Gasteiger charge is 2.33. The summed E-state index contributed by atoms with van der Waals surface area (Å²) in [5, 5.41) is 0. The third kappa shape index (κ3) is 5.40. The van der Waals surface area contributed by atoms with Gasteiger partial charge < -0.3 is 0 Å². The summed E-state index contributed by atoms with van der Waals surface area (Å²) in [6, 6.07) is 14.1. The molecule has 1 saturated carbocycles. The summed E-state index contributed by atoms with van der Waals surface area (Å²) in [5.41, 5.74) is 4.14. The second kappa shape index (κ2) is 9.87. The van der Waals surface area contributed by atoms with Gasteiger partial charge >= 0.3 is 0 Å². The van der Waals surface area contributed by atoms with Crippen LogP contribution in [0.1, 0.15) is 113 Å². The number of hydrogen-bond acceptors (Lipinski definition) is 2. The van der Waals surface area contributed by atoms with Crippen molar-refractivity contribution < 1.29 is 8.42 Å². The predicted molar refractivity (Wildman–Crippen MR) is 130 cm³/mol. The van der Waals surface area contributed by atoms with Crippen LogP contribution >= 0.6 is 0 Å². The van der Waals surface area contributed by atoms with Gasteiger partial charge in [-0.2, -0.15) is 0 Å². The summed E-state index contributed by atoms with van der Waals surface area (Å²) >= 11 is 0. The highest BCUT2D eigenvalue weighted by molar-refractivity contribution is 7.89. The average Bonchev–Trinajstić information content (AvgIpc) is 3.26. The maximum absolute atomic E-state index is 14.0. The molecule has 0 bridgehead atoms. The zero-order chi connectivity index (χ0) is 22.8. The van der Waals surface area contributed by atoms with E-state index in [1.165, 1.54) is 18.4 Å². The number of rotatable bonds is 8. The molecule has 4 heteroatoms. The molecule has 0 aromatic heterocycles. The van der Waals surface area contributed by atoms with Gasteiger partial charge in [0.2, 0.25) is 10.0 Å². The Hall–Kier alpha value is -1.65. The Kier molecular flexibility index (Phi) is 7.64. The van der Waals surface area contributed by atoms with Crippen molar-refractivity contribution in [3.05, 3.63) is 64.7 Å². The third-order valence-electron chi connectivity index (χ3n) is 6.66. The van der Waals surface area contributed by atoms with Gasteiger partial charge in [-0.1, -0.05) is 96.8 Å². The van der Waals surface area contributed by atoms with Gasteiger partial charge in [0.25, 0.3) is 0 Å². The molecule has 2 aromatic rings. The fraction of sp³-hybridized carbons (Fsp3) is 0.556. The molecule has 0 radical (unpaired) electrons. The van der Waals surface area contributed by atoms with E-state index in [0.29, 0.717) is 16.7 Å². The lowest BCUT2D eigenvalue weighted by Gasteiger charge is -2.28. The fourth-order valence-electron chi connectivity index (χ4n) is 4.81. The van der Waals surface area contributed by atoms with E-state index in [2.05, 4.69) is 70.5 Å². The normalized spacial score (nSPS) is 16.5. The van der Waals surface area contributed by atoms with Gasteiger partial charge in [0, 0.05) is 6.04 Å². The molecule has 0 saturated heterocycles. The van der Waals surface area contributed by atoms with Crippen LogP contribution in [0.3, 0.4) is 0 Å². The van der Waals surface area contributed by atoms with Gasteiger partial charge in [-0.25, -0.2) is 13.1 Å². The molecule has 0 amide bonds. The minimum Gasteiger partial charge on any atom is -0.207 e. The van der Waals surface area contributed by atoms with Crippen molar-refractivity contribution >= 4 is 10.0 Å². The van der Waals surface area contributed by atoms with E-state index < -0.39 is 10.0 Å². The molecule has 0 spiro atoms. The molecule has 2 aromatic carbocycles. The van der Waals surface area contributed by atoms with Crippen molar-refractivity contribution in [1.82, 2.24) is 4.72 Å². The highest BCUT2D eigenvalue weighted by Crippen LogP contribution is 2.39. The van der Waals surface area contributed by atoms with Crippen molar-refractivity contribution in [1.29, 1.82) is 0 Å². The summed E-state index contributed by atoms with van der Waals surface area (Å²) in [4.78, 5) is 0.501. The van der Waals surface area contributed by atoms with Crippen LogP contribution in [0.5, 0.6) is 0 Å². The average molecular weight is 442 g/mol. The Morgan fingerprint density at radius 3 is 1.74 bits per heavy atom. The molecular weight excluding hydrogens is 402 g/mol. The molecule has 31 heavy (non-hydrogen) atoms. The summed E-state index contributed by atoms with van der Waals surface area (Å²) in [7, 11) is -3.69. The summed E-state index contributed by atoms with van der Waals surface area (Å²) < 4.78 is 31.2. The maximum atomic E-state index is 14.0. The van der Waals surface area contributed by atoms with Crippen molar-refractivity contribution in [2.45, 2.75) is 95.9 Å². The van der Waals surface area contributed by atoms with E-state index in [0.717, 1.165) is 29.5 Å². The largest absolute Gasteiger partial charge is 0.241 e. The zero-order valence-corrected chi connectivity index (χ0v) is 20.8. The van der Waals surface area contributed by atoms with Crippen LogP contribution in [0.15, 0.2) is 47.4 Å². The van der Waals surface area contributed by atoms with Crippen LogP contribution in [0.25, 0.3) is 0 Å². The van der Waals surface area contributed by atoms with E-state index in [-0.39, 0.29) is 17.9 Å². The zero-order valence-electron chi connectivity index (χ0n) is 20.0. The number of benzene rings is 2. The Balaban J connectivity index is 2.13. The number of sulfonamides is 1.